The van der Waals surface area contributed by atoms with Crippen molar-refractivity contribution in [1.29, 1.82) is 0 Å². The third-order valence-corrected chi connectivity index (χ3v) is 7.00. The highest BCUT2D eigenvalue weighted by molar-refractivity contribution is 8.00. The van der Waals surface area contributed by atoms with Crippen LogP contribution in [0.3, 0.4) is 0 Å². The fourth-order valence-electron chi connectivity index (χ4n) is 4.38. The number of carbonyl (C=O) groups excluding carboxylic acids is 2. The Bertz CT molecular complexity index is 883. The first-order valence-electron chi connectivity index (χ1n) is 10.4. The normalized spacial score (nSPS) is 20.1. The van der Waals surface area contributed by atoms with Crippen molar-refractivity contribution >= 4 is 35.0 Å². The summed E-state index contributed by atoms with van der Waals surface area (Å²) >= 11 is 1.65. The van der Waals surface area contributed by atoms with Gasteiger partial charge in [-0.3, -0.25) is 14.5 Å². The van der Waals surface area contributed by atoms with Gasteiger partial charge in [0.05, 0.1) is 5.75 Å². The average Bonchev–Trinajstić information content (AvgIpc) is 3.10. The molecule has 4 nitrogen and oxygen atoms in total. The molecule has 4 rings (SSSR count). The number of aryl methyl sites for hydroxylation is 2. The maximum Gasteiger partial charge on any atom is 0.238 e. The van der Waals surface area contributed by atoms with Crippen molar-refractivity contribution in [3.05, 3.63) is 59.2 Å². The molecule has 2 aromatic rings. The zero-order chi connectivity index (χ0) is 20.4. The van der Waals surface area contributed by atoms with Crippen LogP contribution in [0.1, 0.15) is 54.2 Å². The van der Waals surface area contributed by atoms with Crippen molar-refractivity contribution in [1.82, 2.24) is 0 Å². The van der Waals surface area contributed by atoms with Crippen molar-refractivity contribution in [2.24, 2.45) is 5.92 Å². The van der Waals surface area contributed by atoms with Gasteiger partial charge in [-0.15, -0.1) is 11.8 Å². The quantitative estimate of drug-likeness (QED) is 0.716. The molecule has 1 atom stereocenters. The van der Waals surface area contributed by atoms with Gasteiger partial charge in [0.15, 0.2) is 0 Å². The molecule has 0 spiro atoms. The summed E-state index contributed by atoms with van der Waals surface area (Å²) in [4.78, 5) is 27.0. The van der Waals surface area contributed by atoms with Crippen LogP contribution < -0.4 is 10.2 Å². The Morgan fingerprint density at radius 2 is 1.66 bits per heavy atom. The van der Waals surface area contributed by atoms with Crippen LogP contribution in [0.5, 0.6) is 0 Å². The van der Waals surface area contributed by atoms with E-state index in [1.54, 1.807) is 11.8 Å². The summed E-state index contributed by atoms with van der Waals surface area (Å²) in [5.74, 6) is 0.906. The molecule has 29 heavy (non-hydrogen) atoms. The fourth-order valence-corrected chi connectivity index (χ4v) is 5.56. The van der Waals surface area contributed by atoms with E-state index in [9.17, 15) is 9.59 Å². The van der Waals surface area contributed by atoms with E-state index in [0.717, 1.165) is 53.7 Å². The summed E-state index contributed by atoms with van der Waals surface area (Å²) in [5, 5.41) is 3.03. The number of thioether (sulfide) groups is 1. The van der Waals surface area contributed by atoms with Gasteiger partial charge < -0.3 is 5.32 Å². The number of hydrogen-bond donors (Lipinski definition) is 1. The smallest absolute Gasteiger partial charge is 0.238 e. The van der Waals surface area contributed by atoms with Gasteiger partial charge >= 0.3 is 0 Å². The summed E-state index contributed by atoms with van der Waals surface area (Å²) in [6.45, 7) is 4.12. The summed E-state index contributed by atoms with van der Waals surface area (Å²) in [7, 11) is 0. The highest BCUT2D eigenvalue weighted by Gasteiger charge is 2.34. The first-order chi connectivity index (χ1) is 14.0. The minimum Gasteiger partial charge on any atom is -0.326 e. The predicted molar refractivity (Wildman–Crippen MR) is 120 cm³/mol. The van der Waals surface area contributed by atoms with Crippen LogP contribution in [0.2, 0.25) is 0 Å². The van der Waals surface area contributed by atoms with Gasteiger partial charge in [0.25, 0.3) is 0 Å². The zero-order valence-corrected chi connectivity index (χ0v) is 17.9. The second-order valence-corrected chi connectivity index (χ2v) is 9.29. The Kier molecular flexibility index (Phi) is 5.95. The molecule has 1 saturated carbocycles. The van der Waals surface area contributed by atoms with Crippen molar-refractivity contribution in [2.45, 2.75) is 51.3 Å². The topological polar surface area (TPSA) is 49.4 Å². The first kappa shape index (κ1) is 20.0. The van der Waals surface area contributed by atoms with E-state index in [4.69, 9.17) is 0 Å². The lowest BCUT2D eigenvalue weighted by atomic mass is 9.88. The van der Waals surface area contributed by atoms with E-state index < -0.39 is 0 Å². The van der Waals surface area contributed by atoms with Gasteiger partial charge in [-0.1, -0.05) is 37.5 Å². The van der Waals surface area contributed by atoms with Crippen LogP contribution in [0.25, 0.3) is 0 Å². The molecule has 5 heteroatoms. The average molecular weight is 409 g/mol. The standard InChI is InChI=1S/C24H28N2O2S/c1-16-12-17(2)14-21(13-16)26-22(27)15-29-24(26)19-8-10-20(11-9-19)25-23(28)18-6-4-3-5-7-18/h8-14,18,24H,3-7,15H2,1-2H3,(H,25,28). The lowest BCUT2D eigenvalue weighted by molar-refractivity contribution is -0.120. The second kappa shape index (κ2) is 8.62. The van der Waals surface area contributed by atoms with Gasteiger partial charge in [-0.05, 0) is 67.6 Å². The maximum atomic E-state index is 12.6. The Morgan fingerprint density at radius 3 is 2.31 bits per heavy atom. The van der Waals surface area contributed by atoms with Crippen molar-refractivity contribution < 1.29 is 9.59 Å². The molecule has 1 unspecified atom stereocenters. The molecule has 1 N–H and O–H groups in total. The number of nitrogens with one attached hydrogen (secondary N) is 1. The van der Waals surface area contributed by atoms with Crippen LogP contribution >= 0.6 is 11.8 Å². The van der Waals surface area contributed by atoms with E-state index in [0.29, 0.717) is 5.75 Å². The highest BCUT2D eigenvalue weighted by atomic mass is 32.2. The van der Waals surface area contributed by atoms with Crippen molar-refractivity contribution in [2.75, 3.05) is 16.0 Å². The Hall–Kier alpha value is -2.27. The number of carbonyl (C=O) groups is 2. The Balaban J connectivity index is 1.50. The SMILES string of the molecule is Cc1cc(C)cc(N2C(=O)CSC2c2ccc(NC(=O)C3CCCCC3)cc2)c1. The molecular formula is C24H28N2O2S. The lowest BCUT2D eigenvalue weighted by Crippen LogP contribution is -2.28. The Morgan fingerprint density at radius 1 is 1.00 bits per heavy atom. The molecule has 1 aliphatic heterocycles. The maximum absolute atomic E-state index is 12.6. The van der Waals surface area contributed by atoms with Crippen LogP contribution in [0.15, 0.2) is 42.5 Å². The minimum atomic E-state index is -0.0354. The molecule has 2 aliphatic rings. The second-order valence-electron chi connectivity index (χ2n) is 8.22. The van der Waals surface area contributed by atoms with E-state index in [1.807, 2.05) is 29.2 Å². The van der Waals surface area contributed by atoms with Crippen LogP contribution in [-0.4, -0.2) is 17.6 Å². The summed E-state index contributed by atoms with van der Waals surface area (Å²) in [5.41, 5.74) is 5.18. The van der Waals surface area contributed by atoms with Crippen molar-refractivity contribution in [3.63, 3.8) is 0 Å². The molecular weight excluding hydrogens is 380 g/mol. The number of nitrogens with zero attached hydrogens (tertiary/aromatic N) is 1. The van der Waals surface area contributed by atoms with Crippen LogP contribution in [0, 0.1) is 19.8 Å². The molecule has 1 saturated heterocycles. The monoisotopic (exact) mass is 408 g/mol. The molecule has 0 bridgehead atoms. The van der Waals surface area contributed by atoms with Gasteiger partial charge in [-0.25, -0.2) is 0 Å². The number of anilines is 2. The lowest BCUT2D eigenvalue weighted by Gasteiger charge is -2.25. The van der Waals surface area contributed by atoms with E-state index in [1.165, 1.54) is 6.42 Å². The molecule has 1 aliphatic carbocycles. The molecule has 152 valence electrons. The third kappa shape index (κ3) is 4.50. The first-order valence-corrected chi connectivity index (χ1v) is 11.5. The zero-order valence-electron chi connectivity index (χ0n) is 17.1. The molecule has 2 fully saturated rings. The van der Waals surface area contributed by atoms with Gasteiger partial charge in [0.2, 0.25) is 11.8 Å². The van der Waals surface area contributed by atoms with E-state index in [2.05, 4.69) is 37.4 Å². The number of rotatable bonds is 4. The third-order valence-electron chi connectivity index (χ3n) is 5.79. The summed E-state index contributed by atoms with van der Waals surface area (Å²) in [6, 6.07) is 14.2. The number of benzene rings is 2. The van der Waals surface area contributed by atoms with Crippen LogP contribution in [-0.2, 0) is 9.59 Å². The predicted octanol–water partition coefficient (Wildman–Crippen LogP) is 5.60. The molecule has 2 amide bonds. The molecule has 0 aromatic heterocycles. The van der Waals surface area contributed by atoms with Gasteiger partial charge in [0.1, 0.15) is 5.37 Å². The van der Waals surface area contributed by atoms with Crippen LogP contribution in [0.4, 0.5) is 11.4 Å². The fraction of sp³-hybridized carbons (Fsp3) is 0.417. The molecule has 1 heterocycles. The minimum absolute atomic E-state index is 0.0354. The largest absolute Gasteiger partial charge is 0.326 e. The van der Waals surface area contributed by atoms with Gasteiger partial charge in [0, 0.05) is 17.3 Å². The van der Waals surface area contributed by atoms with Crippen molar-refractivity contribution in [3.8, 4) is 0 Å². The summed E-state index contributed by atoms with van der Waals surface area (Å²) < 4.78 is 0. The number of amides is 2. The molecule has 2 aromatic carbocycles. The highest BCUT2D eigenvalue weighted by Crippen LogP contribution is 2.42. The van der Waals surface area contributed by atoms with E-state index in [-0.39, 0.29) is 23.1 Å². The molecule has 0 radical (unpaired) electrons. The van der Waals surface area contributed by atoms with E-state index >= 15 is 0 Å². The summed E-state index contributed by atoms with van der Waals surface area (Å²) in [6.07, 6.45) is 5.54. The Labute approximate surface area is 177 Å². The number of hydrogen-bond acceptors (Lipinski definition) is 3. The van der Waals surface area contributed by atoms with Gasteiger partial charge in [-0.2, -0.15) is 0 Å².